The lowest BCUT2D eigenvalue weighted by Crippen LogP contribution is -2.49. The predicted octanol–water partition coefficient (Wildman–Crippen LogP) is 3.45. The van der Waals surface area contributed by atoms with Crippen molar-refractivity contribution < 1.29 is 19.1 Å². The Hall–Kier alpha value is -2.66. The Morgan fingerprint density at radius 2 is 1.48 bits per heavy atom. The van der Waals surface area contributed by atoms with Crippen molar-refractivity contribution in [1.29, 1.82) is 0 Å². The van der Waals surface area contributed by atoms with Gasteiger partial charge in [0.1, 0.15) is 0 Å². The van der Waals surface area contributed by atoms with E-state index < -0.39 is 5.97 Å². The average Bonchev–Trinajstić information content (AvgIpc) is 2.66. The van der Waals surface area contributed by atoms with Gasteiger partial charge in [-0.25, -0.2) is 4.79 Å². The molecule has 0 aromatic heterocycles. The van der Waals surface area contributed by atoms with Crippen LogP contribution >= 0.6 is 0 Å². The van der Waals surface area contributed by atoms with E-state index >= 15 is 0 Å². The molecule has 1 heterocycles. The van der Waals surface area contributed by atoms with Crippen molar-refractivity contribution in [2.75, 3.05) is 19.7 Å². The number of aryl methyl sites for hydroxylation is 1. The lowest BCUT2D eigenvalue weighted by atomic mass is 10.0. The molecule has 5 nitrogen and oxygen atoms in total. The van der Waals surface area contributed by atoms with Crippen LogP contribution in [0, 0.1) is 6.92 Å². The highest BCUT2D eigenvalue weighted by Crippen LogP contribution is 2.20. The average molecular weight is 367 g/mol. The van der Waals surface area contributed by atoms with E-state index in [0.717, 1.165) is 11.1 Å². The van der Waals surface area contributed by atoms with E-state index in [1.54, 1.807) is 17.0 Å². The van der Waals surface area contributed by atoms with Gasteiger partial charge in [-0.1, -0.05) is 42.0 Å². The van der Waals surface area contributed by atoms with Crippen molar-refractivity contribution in [3.05, 3.63) is 59.7 Å². The van der Waals surface area contributed by atoms with Gasteiger partial charge in [0.05, 0.1) is 17.8 Å². The number of carbonyl (C=O) groups is 2. The molecule has 1 aliphatic rings. The molecule has 2 aromatic carbocycles. The summed E-state index contributed by atoms with van der Waals surface area (Å²) in [5, 5.41) is 0. The first kappa shape index (κ1) is 19.1. The van der Waals surface area contributed by atoms with Gasteiger partial charge in [0.25, 0.3) is 5.91 Å². The van der Waals surface area contributed by atoms with Gasteiger partial charge in [0.2, 0.25) is 0 Å². The third-order valence-corrected chi connectivity index (χ3v) is 4.60. The first-order chi connectivity index (χ1) is 12.9. The van der Waals surface area contributed by atoms with E-state index in [9.17, 15) is 9.59 Å². The van der Waals surface area contributed by atoms with E-state index in [-0.39, 0.29) is 24.7 Å². The van der Waals surface area contributed by atoms with Crippen LogP contribution in [0.15, 0.2) is 48.5 Å². The molecule has 27 heavy (non-hydrogen) atoms. The number of rotatable bonds is 4. The molecule has 0 spiro atoms. The quantitative estimate of drug-likeness (QED) is 0.777. The SMILES string of the molecule is Cc1ccc(-c2ccc(C(=O)OCC(=O)N3CC(C)OC(C)C3)cc2)cc1. The second-order valence-electron chi connectivity index (χ2n) is 7.08. The zero-order valence-electron chi connectivity index (χ0n) is 16.0. The number of benzene rings is 2. The minimum absolute atomic E-state index is 0.0114. The van der Waals surface area contributed by atoms with Crippen LogP contribution in [-0.4, -0.2) is 48.7 Å². The Bertz CT molecular complexity index is 788. The van der Waals surface area contributed by atoms with Crippen LogP contribution in [-0.2, 0) is 14.3 Å². The third kappa shape index (κ3) is 4.95. The monoisotopic (exact) mass is 367 g/mol. The number of morpholine rings is 1. The van der Waals surface area contributed by atoms with Crippen LogP contribution in [0.5, 0.6) is 0 Å². The Kier molecular flexibility index (Phi) is 5.91. The summed E-state index contributed by atoms with van der Waals surface area (Å²) in [6, 6.07) is 15.4. The predicted molar refractivity (Wildman–Crippen MR) is 103 cm³/mol. The lowest BCUT2D eigenvalue weighted by molar-refractivity contribution is -0.146. The molecule has 142 valence electrons. The fraction of sp³-hybridized carbons (Fsp3) is 0.364. The van der Waals surface area contributed by atoms with Crippen molar-refractivity contribution in [2.45, 2.75) is 33.0 Å². The summed E-state index contributed by atoms with van der Waals surface area (Å²) in [6.45, 7) is 6.69. The third-order valence-electron chi connectivity index (χ3n) is 4.60. The van der Waals surface area contributed by atoms with Gasteiger partial charge >= 0.3 is 5.97 Å². The second kappa shape index (κ2) is 8.35. The van der Waals surface area contributed by atoms with Gasteiger partial charge in [0.15, 0.2) is 6.61 Å². The molecule has 1 fully saturated rings. The maximum Gasteiger partial charge on any atom is 0.338 e. The Labute approximate surface area is 159 Å². The summed E-state index contributed by atoms with van der Waals surface area (Å²) in [7, 11) is 0. The highest BCUT2D eigenvalue weighted by molar-refractivity contribution is 5.91. The summed E-state index contributed by atoms with van der Waals surface area (Å²) < 4.78 is 10.8. The molecule has 2 atom stereocenters. The minimum Gasteiger partial charge on any atom is -0.452 e. The van der Waals surface area contributed by atoms with Gasteiger partial charge in [-0.2, -0.15) is 0 Å². The number of hydrogen-bond donors (Lipinski definition) is 0. The molecule has 1 amide bonds. The maximum absolute atomic E-state index is 12.3. The molecule has 0 N–H and O–H groups in total. The number of carbonyl (C=O) groups excluding carboxylic acids is 2. The normalized spacial score (nSPS) is 19.6. The lowest BCUT2D eigenvalue weighted by Gasteiger charge is -2.35. The number of ether oxygens (including phenoxy) is 2. The topological polar surface area (TPSA) is 55.8 Å². The Balaban J connectivity index is 1.56. The highest BCUT2D eigenvalue weighted by Gasteiger charge is 2.26. The largest absolute Gasteiger partial charge is 0.452 e. The van der Waals surface area contributed by atoms with Crippen molar-refractivity contribution in [3.63, 3.8) is 0 Å². The van der Waals surface area contributed by atoms with Crippen molar-refractivity contribution in [2.24, 2.45) is 0 Å². The smallest absolute Gasteiger partial charge is 0.338 e. The zero-order valence-corrected chi connectivity index (χ0v) is 16.0. The van der Waals surface area contributed by atoms with Gasteiger partial charge in [-0.05, 0) is 44.0 Å². The van der Waals surface area contributed by atoms with Crippen LogP contribution in [0.1, 0.15) is 29.8 Å². The van der Waals surface area contributed by atoms with Gasteiger partial charge in [0, 0.05) is 13.1 Å². The van der Waals surface area contributed by atoms with Crippen LogP contribution in [0.3, 0.4) is 0 Å². The Morgan fingerprint density at radius 1 is 0.963 bits per heavy atom. The fourth-order valence-corrected chi connectivity index (χ4v) is 3.23. The van der Waals surface area contributed by atoms with Crippen LogP contribution < -0.4 is 0 Å². The molecule has 1 saturated heterocycles. The van der Waals surface area contributed by atoms with E-state index in [2.05, 4.69) is 12.1 Å². The van der Waals surface area contributed by atoms with Crippen molar-refractivity contribution >= 4 is 11.9 Å². The van der Waals surface area contributed by atoms with E-state index in [0.29, 0.717) is 18.7 Å². The van der Waals surface area contributed by atoms with Gasteiger partial charge in [-0.3, -0.25) is 4.79 Å². The molecule has 0 bridgehead atoms. The van der Waals surface area contributed by atoms with Crippen molar-refractivity contribution in [1.82, 2.24) is 4.90 Å². The molecule has 5 heteroatoms. The molecule has 2 unspecified atom stereocenters. The second-order valence-corrected chi connectivity index (χ2v) is 7.08. The minimum atomic E-state index is -0.492. The molecular formula is C22H25NO4. The van der Waals surface area contributed by atoms with Crippen LogP contribution in [0.25, 0.3) is 11.1 Å². The summed E-state index contributed by atoms with van der Waals surface area (Å²) in [6.07, 6.45) is -0.0227. The van der Waals surface area contributed by atoms with E-state index in [1.165, 1.54) is 5.56 Å². The summed E-state index contributed by atoms with van der Waals surface area (Å²) >= 11 is 0. The summed E-state index contributed by atoms with van der Waals surface area (Å²) in [5.74, 6) is -0.685. The molecular weight excluding hydrogens is 342 g/mol. The van der Waals surface area contributed by atoms with Gasteiger partial charge < -0.3 is 14.4 Å². The van der Waals surface area contributed by atoms with Crippen LogP contribution in [0.4, 0.5) is 0 Å². The molecule has 0 saturated carbocycles. The van der Waals surface area contributed by atoms with Crippen molar-refractivity contribution in [3.8, 4) is 11.1 Å². The number of nitrogens with zero attached hydrogens (tertiary/aromatic N) is 1. The van der Waals surface area contributed by atoms with Crippen LogP contribution in [0.2, 0.25) is 0 Å². The summed E-state index contributed by atoms with van der Waals surface area (Å²) in [5.41, 5.74) is 3.75. The highest BCUT2D eigenvalue weighted by atomic mass is 16.5. The number of esters is 1. The molecule has 3 rings (SSSR count). The maximum atomic E-state index is 12.3. The number of hydrogen-bond acceptors (Lipinski definition) is 4. The molecule has 0 radical (unpaired) electrons. The van der Waals surface area contributed by atoms with E-state index in [4.69, 9.17) is 9.47 Å². The standard InChI is InChI=1S/C22H25NO4/c1-15-4-6-18(7-5-15)19-8-10-20(11-9-19)22(25)26-14-21(24)23-12-16(2)27-17(3)13-23/h4-11,16-17H,12-14H2,1-3H3. The fourth-order valence-electron chi connectivity index (χ4n) is 3.23. The zero-order chi connectivity index (χ0) is 19.4. The molecule has 0 aliphatic carbocycles. The molecule has 1 aliphatic heterocycles. The number of amides is 1. The first-order valence-corrected chi connectivity index (χ1v) is 9.20. The molecule has 2 aromatic rings. The van der Waals surface area contributed by atoms with Gasteiger partial charge in [-0.15, -0.1) is 0 Å². The summed E-state index contributed by atoms with van der Waals surface area (Å²) in [4.78, 5) is 26.2. The van der Waals surface area contributed by atoms with E-state index in [1.807, 2.05) is 45.0 Å². The first-order valence-electron chi connectivity index (χ1n) is 9.20. The Morgan fingerprint density at radius 3 is 2.04 bits per heavy atom.